The smallest absolute Gasteiger partial charge is 0.210 e. The predicted molar refractivity (Wildman–Crippen MR) is 227 cm³/mol. The summed E-state index contributed by atoms with van der Waals surface area (Å²) in [5, 5.41) is 7.01. The number of nitrogens with zero attached hydrogens (tertiary/aromatic N) is 5. The Bertz CT molecular complexity index is 3420. The Kier molecular flexibility index (Phi) is 6.61. The first-order valence-electron chi connectivity index (χ1n) is 18.3. The second kappa shape index (κ2) is 11.8. The van der Waals surface area contributed by atoms with Gasteiger partial charge in [0, 0.05) is 43.5 Å². The van der Waals surface area contributed by atoms with Gasteiger partial charge in [-0.15, -0.1) is 0 Å². The molecule has 11 aromatic rings. The van der Waals surface area contributed by atoms with E-state index in [4.69, 9.17) is 13.1 Å². The highest BCUT2D eigenvalue weighted by atomic mass is 15.0. The minimum atomic E-state index is 0.552. The minimum absolute atomic E-state index is 0.552. The van der Waals surface area contributed by atoms with Crippen molar-refractivity contribution in [3.05, 3.63) is 199 Å². The minimum Gasteiger partial charge on any atom is -0.320 e. The molecule has 0 atom stereocenters. The maximum atomic E-state index is 8.16. The third-order valence-corrected chi connectivity index (χ3v) is 11.1. The Labute approximate surface area is 316 Å². The average Bonchev–Trinajstić information content (AvgIpc) is 3.89. The van der Waals surface area contributed by atoms with Gasteiger partial charge in [0.1, 0.15) is 0 Å². The molecule has 11 rings (SSSR count). The highest BCUT2D eigenvalue weighted by Crippen LogP contribution is 2.42. The van der Waals surface area contributed by atoms with Crippen LogP contribution in [0, 0.1) is 13.1 Å². The molecule has 0 aliphatic heterocycles. The number of fused-ring (bicyclic) bond motifs is 9. The third kappa shape index (κ3) is 4.45. The molecule has 0 radical (unpaired) electrons. The van der Waals surface area contributed by atoms with Crippen molar-refractivity contribution in [1.29, 1.82) is 0 Å². The number of aromatic nitrogens is 3. The Hall–Kier alpha value is -7.86. The van der Waals surface area contributed by atoms with Crippen molar-refractivity contribution in [3.63, 3.8) is 0 Å². The van der Waals surface area contributed by atoms with Crippen molar-refractivity contribution in [2.24, 2.45) is 0 Å². The zero-order valence-corrected chi connectivity index (χ0v) is 29.5. The van der Waals surface area contributed by atoms with E-state index < -0.39 is 0 Å². The molecule has 3 aromatic heterocycles. The molecule has 254 valence electrons. The van der Waals surface area contributed by atoms with Crippen LogP contribution in [0.4, 0.5) is 11.4 Å². The molecule has 0 N–H and O–H groups in total. The Balaban J connectivity index is 1.13. The van der Waals surface area contributed by atoms with Gasteiger partial charge in [-0.05, 0) is 71.8 Å². The van der Waals surface area contributed by atoms with Gasteiger partial charge in [-0.3, -0.25) is 0 Å². The highest BCUT2D eigenvalue weighted by Gasteiger charge is 2.20. The topological polar surface area (TPSA) is 23.5 Å². The first kappa shape index (κ1) is 30.7. The molecule has 3 heterocycles. The van der Waals surface area contributed by atoms with Gasteiger partial charge in [0.05, 0.1) is 52.1 Å². The van der Waals surface area contributed by atoms with Gasteiger partial charge in [-0.1, -0.05) is 115 Å². The summed E-state index contributed by atoms with van der Waals surface area (Å²) in [4.78, 5) is 7.70. The van der Waals surface area contributed by atoms with Crippen LogP contribution in [0.1, 0.15) is 0 Å². The molecular weight excluding hydrogens is 671 g/mol. The first-order chi connectivity index (χ1) is 27.2. The molecule has 55 heavy (non-hydrogen) atoms. The van der Waals surface area contributed by atoms with E-state index >= 15 is 0 Å². The lowest BCUT2D eigenvalue weighted by atomic mass is 10.0. The van der Waals surface area contributed by atoms with E-state index in [1.807, 2.05) is 42.5 Å². The Morgan fingerprint density at radius 2 is 0.891 bits per heavy atom. The fourth-order valence-electron chi connectivity index (χ4n) is 8.74. The van der Waals surface area contributed by atoms with Crippen molar-refractivity contribution in [3.8, 4) is 28.2 Å². The fourth-order valence-corrected chi connectivity index (χ4v) is 8.74. The molecule has 0 aliphatic rings. The van der Waals surface area contributed by atoms with Crippen LogP contribution in [0.5, 0.6) is 0 Å². The second-order valence-corrected chi connectivity index (χ2v) is 13.9. The molecule has 0 fully saturated rings. The normalized spacial score (nSPS) is 11.6. The molecule has 0 unspecified atom stereocenters. The average molecular weight is 700 g/mol. The van der Waals surface area contributed by atoms with Crippen molar-refractivity contribution in [2.75, 3.05) is 0 Å². The van der Waals surface area contributed by atoms with Crippen LogP contribution in [0.3, 0.4) is 0 Å². The van der Waals surface area contributed by atoms with E-state index in [2.05, 4.69) is 157 Å². The first-order valence-corrected chi connectivity index (χ1v) is 18.3. The molecule has 8 aromatic carbocycles. The summed E-state index contributed by atoms with van der Waals surface area (Å²) in [5.74, 6) is 0. The molecule has 0 aliphatic carbocycles. The van der Waals surface area contributed by atoms with Crippen LogP contribution in [0.2, 0.25) is 0 Å². The van der Waals surface area contributed by atoms with Gasteiger partial charge >= 0.3 is 0 Å². The van der Waals surface area contributed by atoms with Crippen LogP contribution in [0.25, 0.3) is 103 Å². The number of hydrogen-bond donors (Lipinski definition) is 0. The van der Waals surface area contributed by atoms with Crippen LogP contribution in [-0.2, 0) is 0 Å². The van der Waals surface area contributed by atoms with Gasteiger partial charge in [0.15, 0.2) is 5.69 Å². The lowest BCUT2D eigenvalue weighted by molar-refractivity contribution is 1.17. The molecule has 0 spiro atoms. The van der Waals surface area contributed by atoms with Gasteiger partial charge in [0.2, 0.25) is 5.69 Å². The number of para-hydroxylation sites is 4. The number of benzene rings is 8. The summed E-state index contributed by atoms with van der Waals surface area (Å²) in [6.45, 7) is 15.9. The molecule has 5 nitrogen and oxygen atoms in total. The van der Waals surface area contributed by atoms with E-state index in [1.165, 1.54) is 32.6 Å². The van der Waals surface area contributed by atoms with Gasteiger partial charge in [-0.25, -0.2) is 9.69 Å². The van der Waals surface area contributed by atoms with Crippen LogP contribution >= 0.6 is 0 Å². The molecule has 5 heteroatoms. The number of hydrogen-bond acceptors (Lipinski definition) is 0. The maximum Gasteiger partial charge on any atom is 0.210 e. The van der Waals surface area contributed by atoms with Gasteiger partial charge in [-0.2, -0.15) is 0 Å². The fraction of sp³-hybridized carbons (Fsp3) is 0. The van der Waals surface area contributed by atoms with E-state index in [-0.39, 0.29) is 0 Å². The Morgan fingerprint density at radius 1 is 0.345 bits per heavy atom. The number of rotatable bonds is 4. The van der Waals surface area contributed by atoms with Crippen molar-refractivity contribution < 1.29 is 0 Å². The Morgan fingerprint density at radius 3 is 1.55 bits per heavy atom. The van der Waals surface area contributed by atoms with E-state index in [0.29, 0.717) is 11.4 Å². The SMILES string of the molecule is [C-]#[N+]c1ccc2c3ccccc3n(-c3cc(-c4cccc(-n5c6ccccc6c6c(-n7c8ccccc8c8ccccc87)cccc65)c4)ccc3[N+]#[C-])c2c1. The molecule has 0 saturated heterocycles. The highest BCUT2D eigenvalue weighted by molar-refractivity contribution is 6.16. The lowest BCUT2D eigenvalue weighted by Crippen LogP contribution is -1.97. The predicted octanol–water partition coefficient (Wildman–Crippen LogP) is 13.7. The van der Waals surface area contributed by atoms with E-state index in [0.717, 1.165) is 61.0 Å². The molecule has 0 bridgehead atoms. The zero-order chi connectivity index (χ0) is 36.6. The zero-order valence-electron chi connectivity index (χ0n) is 29.5. The summed E-state index contributed by atoms with van der Waals surface area (Å²) in [7, 11) is 0. The lowest BCUT2D eigenvalue weighted by Gasteiger charge is -2.14. The maximum absolute atomic E-state index is 8.16. The van der Waals surface area contributed by atoms with Gasteiger partial charge in [0.25, 0.3) is 0 Å². The monoisotopic (exact) mass is 699 g/mol. The van der Waals surface area contributed by atoms with Crippen molar-refractivity contribution in [1.82, 2.24) is 13.7 Å². The standard InChI is InChI=1S/C50H29N5/c1-51-34-26-27-39-38-17-5-9-21-44(38)55(48(39)31-34)49-30-33(25-28-41(49)52-2)32-13-11-14-35(29-32)53-45-22-10-6-18-40(45)50-46(53)23-12-24-47(50)54-42-19-7-3-15-36(42)37-16-4-8-20-43(37)54/h3-31H. The van der Waals surface area contributed by atoms with E-state index in [9.17, 15) is 0 Å². The summed E-state index contributed by atoms with van der Waals surface area (Å²) in [5.41, 5.74) is 12.7. The quantitative estimate of drug-likeness (QED) is 0.163. The third-order valence-electron chi connectivity index (χ3n) is 11.1. The van der Waals surface area contributed by atoms with Crippen LogP contribution < -0.4 is 0 Å². The van der Waals surface area contributed by atoms with Crippen molar-refractivity contribution in [2.45, 2.75) is 0 Å². The van der Waals surface area contributed by atoms with Crippen LogP contribution in [0.15, 0.2) is 176 Å². The van der Waals surface area contributed by atoms with Gasteiger partial charge < -0.3 is 13.7 Å². The summed E-state index contributed by atoms with van der Waals surface area (Å²) < 4.78 is 6.93. The molecular formula is C50H29N5. The van der Waals surface area contributed by atoms with Crippen LogP contribution in [-0.4, -0.2) is 13.7 Å². The molecule has 0 saturated carbocycles. The summed E-state index contributed by atoms with van der Waals surface area (Å²) in [6, 6.07) is 61.5. The summed E-state index contributed by atoms with van der Waals surface area (Å²) in [6.07, 6.45) is 0. The van der Waals surface area contributed by atoms with E-state index in [1.54, 1.807) is 0 Å². The van der Waals surface area contributed by atoms with Crippen molar-refractivity contribution >= 4 is 76.8 Å². The second-order valence-electron chi connectivity index (χ2n) is 13.9. The largest absolute Gasteiger partial charge is 0.320 e. The summed E-state index contributed by atoms with van der Waals surface area (Å²) >= 11 is 0. The molecule has 0 amide bonds.